The summed E-state index contributed by atoms with van der Waals surface area (Å²) in [6, 6.07) is 11.8. The molecular weight excluding hydrogens is 380 g/mol. The highest BCUT2D eigenvalue weighted by Crippen LogP contribution is 2.20. The van der Waals surface area contributed by atoms with Crippen LogP contribution in [0.2, 0.25) is 0 Å². The number of esters is 1. The Morgan fingerprint density at radius 3 is 2.68 bits per heavy atom. The maximum atomic E-state index is 12.5. The second kappa shape index (κ2) is 9.01. The molecule has 7 nitrogen and oxygen atoms in total. The first kappa shape index (κ1) is 19.4. The second-order valence-corrected chi connectivity index (χ2v) is 6.60. The maximum absolute atomic E-state index is 12.5. The highest BCUT2D eigenvalue weighted by atomic mass is 32.1. The van der Waals surface area contributed by atoms with Crippen LogP contribution in [0.1, 0.15) is 26.5 Å². The number of ether oxygens (including phenoxy) is 1. The van der Waals surface area contributed by atoms with Gasteiger partial charge in [0.25, 0.3) is 11.8 Å². The van der Waals surface area contributed by atoms with Crippen LogP contribution in [0.5, 0.6) is 0 Å². The molecule has 0 spiro atoms. The van der Waals surface area contributed by atoms with Crippen LogP contribution in [0, 0.1) is 0 Å². The summed E-state index contributed by atoms with van der Waals surface area (Å²) in [4.78, 5) is 38.2. The number of benzene rings is 1. The maximum Gasteiger partial charge on any atom is 0.339 e. The van der Waals surface area contributed by atoms with Crippen molar-refractivity contribution in [2.24, 2.45) is 0 Å². The molecule has 0 saturated heterocycles. The van der Waals surface area contributed by atoms with E-state index in [1.807, 2.05) is 0 Å². The second-order valence-electron chi connectivity index (χ2n) is 5.82. The standard InChI is InChI=1S/C20H18N2O5S/c1-22(18(23)12-27-20(25)14-8-10-28-13-14)17-7-3-2-6-16(17)19(24)21-11-15-5-4-9-26-15/h2-10,13H,11-12H2,1H3,(H,21,24). The minimum Gasteiger partial charge on any atom is -0.467 e. The van der Waals surface area contributed by atoms with E-state index in [1.165, 1.54) is 29.5 Å². The number of thiophene rings is 1. The summed E-state index contributed by atoms with van der Waals surface area (Å²) < 4.78 is 10.2. The van der Waals surface area contributed by atoms with Gasteiger partial charge < -0.3 is 19.4 Å². The number of carbonyl (C=O) groups is 3. The molecule has 0 aliphatic rings. The Labute approximate surface area is 165 Å². The molecule has 144 valence electrons. The number of nitrogens with one attached hydrogen (secondary N) is 1. The Kier molecular flexibility index (Phi) is 6.23. The van der Waals surface area contributed by atoms with Crippen molar-refractivity contribution in [3.63, 3.8) is 0 Å². The zero-order chi connectivity index (χ0) is 19.9. The van der Waals surface area contributed by atoms with Gasteiger partial charge in [-0.25, -0.2) is 4.79 Å². The molecule has 28 heavy (non-hydrogen) atoms. The Bertz CT molecular complexity index is 951. The predicted molar refractivity (Wildman–Crippen MR) is 104 cm³/mol. The van der Waals surface area contributed by atoms with Gasteiger partial charge in [0, 0.05) is 12.4 Å². The monoisotopic (exact) mass is 398 g/mol. The van der Waals surface area contributed by atoms with E-state index in [4.69, 9.17) is 9.15 Å². The zero-order valence-corrected chi connectivity index (χ0v) is 15.9. The molecule has 2 amide bonds. The van der Waals surface area contributed by atoms with Crippen molar-refractivity contribution < 1.29 is 23.5 Å². The molecule has 0 bridgehead atoms. The normalized spacial score (nSPS) is 10.3. The fourth-order valence-electron chi connectivity index (χ4n) is 2.46. The van der Waals surface area contributed by atoms with Crippen molar-refractivity contribution >= 4 is 34.8 Å². The molecule has 1 aromatic carbocycles. The van der Waals surface area contributed by atoms with E-state index in [2.05, 4.69) is 5.32 Å². The van der Waals surface area contributed by atoms with Gasteiger partial charge in [-0.3, -0.25) is 9.59 Å². The highest BCUT2D eigenvalue weighted by molar-refractivity contribution is 7.08. The lowest BCUT2D eigenvalue weighted by atomic mass is 10.1. The minimum atomic E-state index is -0.563. The van der Waals surface area contributed by atoms with E-state index >= 15 is 0 Å². The summed E-state index contributed by atoms with van der Waals surface area (Å²) >= 11 is 1.37. The van der Waals surface area contributed by atoms with Crippen LogP contribution in [0.15, 0.2) is 63.9 Å². The minimum absolute atomic E-state index is 0.232. The third-order valence-electron chi connectivity index (χ3n) is 3.97. The highest BCUT2D eigenvalue weighted by Gasteiger charge is 2.20. The molecule has 3 rings (SSSR count). The summed E-state index contributed by atoms with van der Waals surface area (Å²) in [6.45, 7) is -0.191. The smallest absolute Gasteiger partial charge is 0.339 e. The predicted octanol–water partition coefficient (Wildman–Crippen LogP) is 3.09. The Hall–Kier alpha value is -3.39. The molecule has 2 heterocycles. The van der Waals surface area contributed by atoms with Gasteiger partial charge in [-0.05, 0) is 35.7 Å². The lowest BCUT2D eigenvalue weighted by Crippen LogP contribution is -2.33. The number of anilines is 1. The fraction of sp³-hybridized carbons (Fsp3) is 0.150. The lowest BCUT2D eigenvalue weighted by molar-refractivity contribution is -0.121. The van der Waals surface area contributed by atoms with Crippen LogP contribution in [0.25, 0.3) is 0 Å². The molecule has 8 heteroatoms. The van der Waals surface area contributed by atoms with Crippen LogP contribution in [-0.4, -0.2) is 31.4 Å². The molecule has 0 atom stereocenters. The summed E-state index contributed by atoms with van der Waals surface area (Å²) in [5, 5.41) is 6.15. The van der Waals surface area contributed by atoms with Crippen molar-refractivity contribution in [1.82, 2.24) is 5.32 Å². The first-order valence-electron chi connectivity index (χ1n) is 8.41. The molecule has 0 aliphatic carbocycles. The van der Waals surface area contributed by atoms with Gasteiger partial charge in [-0.2, -0.15) is 11.3 Å². The van der Waals surface area contributed by atoms with Gasteiger partial charge in [-0.15, -0.1) is 0 Å². The molecule has 3 aromatic rings. The number of furan rings is 1. The Balaban J connectivity index is 1.64. The third-order valence-corrected chi connectivity index (χ3v) is 4.65. The number of likely N-dealkylation sites (N-methyl/N-ethyl adjacent to an activating group) is 1. The first-order valence-corrected chi connectivity index (χ1v) is 9.36. The zero-order valence-electron chi connectivity index (χ0n) is 15.1. The number of hydrogen-bond acceptors (Lipinski definition) is 6. The molecule has 0 saturated carbocycles. The lowest BCUT2D eigenvalue weighted by Gasteiger charge is -2.20. The van der Waals surface area contributed by atoms with Gasteiger partial charge in [0.05, 0.1) is 29.6 Å². The van der Waals surface area contributed by atoms with Gasteiger partial charge >= 0.3 is 5.97 Å². The van der Waals surface area contributed by atoms with E-state index in [-0.39, 0.29) is 12.5 Å². The number of carbonyl (C=O) groups excluding carboxylic acids is 3. The summed E-state index contributed by atoms with van der Waals surface area (Å²) in [6.07, 6.45) is 1.53. The summed E-state index contributed by atoms with van der Waals surface area (Å²) in [5.41, 5.74) is 1.14. The number of para-hydroxylation sites is 1. The molecule has 0 unspecified atom stereocenters. The van der Waals surface area contributed by atoms with Crippen molar-refractivity contribution in [2.45, 2.75) is 6.54 Å². The van der Waals surface area contributed by atoms with Gasteiger partial charge in [0.15, 0.2) is 6.61 Å². The molecule has 0 fully saturated rings. The molecule has 0 radical (unpaired) electrons. The van der Waals surface area contributed by atoms with Crippen LogP contribution in [0.3, 0.4) is 0 Å². The SMILES string of the molecule is CN(C(=O)COC(=O)c1ccsc1)c1ccccc1C(=O)NCc1ccco1. The van der Waals surface area contributed by atoms with E-state index in [0.29, 0.717) is 22.6 Å². The molecule has 1 N–H and O–H groups in total. The van der Waals surface area contributed by atoms with Crippen LogP contribution in [-0.2, 0) is 16.1 Å². The Morgan fingerprint density at radius 2 is 1.96 bits per heavy atom. The van der Waals surface area contributed by atoms with Crippen molar-refractivity contribution in [2.75, 3.05) is 18.6 Å². The van der Waals surface area contributed by atoms with Crippen LogP contribution < -0.4 is 10.2 Å². The van der Waals surface area contributed by atoms with Crippen LogP contribution in [0.4, 0.5) is 5.69 Å². The average molecular weight is 398 g/mol. The number of hydrogen-bond donors (Lipinski definition) is 1. The van der Waals surface area contributed by atoms with E-state index in [9.17, 15) is 14.4 Å². The number of nitrogens with zero attached hydrogens (tertiary/aromatic N) is 1. The van der Waals surface area contributed by atoms with Gasteiger partial charge in [0.1, 0.15) is 5.76 Å². The van der Waals surface area contributed by atoms with Crippen molar-refractivity contribution in [3.8, 4) is 0 Å². The van der Waals surface area contributed by atoms with Gasteiger partial charge in [0.2, 0.25) is 0 Å². The van der Waals surface area contributed by atoms with Crippen molar-refractivity contribution in [1.29, 1.82) is 0 Å². The first-order chi connectivity index (χ1) is 13.6. The fourth-order valence-corrected chi connectivity index (χ4v) is 3.08. The van der Waals surface area contributed by atoms with Crippen molar-refractivity contribution in [3.05, 3.63) is 76.4 Å². The van der Waals surface area contributed by atoms with Crippen LogP contribution >= 0.6 is 11.3 Å². The van der Waals surface area contributed by atoms with E-state index < -0.39 is 18.5 Å². The number of amides is 2. The summed E-state index contributed by atoms with van der Waals surface area (Å²) in [7, 11) is 1.53. The molecular formula is C20H18N2O5S. The van der Waals surface area contributed by atoms with E-state index in [0.717, 1.165) is 0 Å². The summed E-state index contributed by atoms with van der Waals surface area (Å²) in [5.74, 6) is -0.736. The average Bonchev–Trinajstić information content (AvgIpc) is 3.43. The number of rotatable bonds is 7. The Morgan fingerprint density at radius 1 is 1.14 bits per heavy atom. The third kappa shape index (κ3) is 4.66. The van der Waals surface area contributed by atoms with Gasteiger partial charge in [-0.1, -0.05) is 12.1 Å². The largest absolute Gasteiger partial charge is 0.467 e. The molecule has 2 aromatic heterocycles. The topological polar surface area (TPSA) is 88.8 Å². The van der Waals surface area contributed by atoms with E-state index in [1.54, 1.807) is 53.2 Å². The quantitative estimate of drug-likeness (QED) is 0.618. The molecule has 0 aliphatic heterocycles.